The quantitative estimate of drug-likeness (QED) is 0.150. The number of nitrogens with one attached hydrogen (secondary N) is 1. The maximum atomic E-state index is 12.3. The average Bonchev–Trinajstić information content (AvgIpc) is 3.29. The summed E-state index contributed by atoms with van der Waals surface area (Å²) in [6.07, 6.45) is 5.58. The van der Waals surface area contributed by atoms with Crippen molar-refractivity contribution in [2.45, 2.75) is 45.1 Å². The summed E-state index contributed by atoms with van der Waals surface area (Å²) in [5.74, 6) is 2.48. The number of carbonyl (C=O) groups is 1. The number of hydrogen-bond acceptors (Lipinski definition) is 11. The molecule has 3 heterocycles. The van der Waals surface area contributed by atoms with Crippen molar-refractivity contribution in [3.05, 3.63) is 65.9 Å². The van der Waals surface area contributed by atoms with Crippen LogP contribution >= 0.6 is 0 Å². The fourth-order valence-electron chi connectivity index (χ4n) is 5.58. The van der Waals surface area contributed by atoms with Gasteiger partial charge in [0.1, 0.15) is 23.4 Å². The van der Waals surface area contributed by atoms with Gasteiger partial charge in [-0.25, -0.2) is 9.97 Å². The van der Waals surface area contributed by atoms with Crippen molar-refractivity contribution in [1.29, 1.82) is 0 Å². The van der Waals surface area contributed by atoms with E-state index in [1.54, 1.807) is 6.20 Å². The standard InChI is InChI=1S/C35H47N5O6/c1-2-42-17-18-44-21-22-45-20-19-43-16-12-34(41)46-30-23-27(24-30)26-37-32-25-33(39-35(38-32)31-9-5-6-13-36-31)40-14-10-28-7-3-4-8-29(28)11-15-40/h3-9,13,25,27,30H,2,10-12,14-24,26H2,1H3,(H,37,38,39)/t27-,30+. The summed E-state index contributed by atoms with van der Waals surface area (Å²) in [5, 5.41) is 3.53. The molecule has 11 nitrogen and oxygen atoms in total. The van der Waals surface area contributed by atoms with E-state index in [1.807, 2.05) is 31.2 Å². The molecule has 46 heavy (non-hydrogen) atoms. The maximum Gasteiger partial charge on any atom is 0.308 e. The number of benzene rings is 1. The third-order valence-electron chi connectivity index (χ3n) is 8.18. The van der Waals surface area contributed by atoms with Crippen molar-refractivity contribution in [2.75, 3.05) is 82.7 Å². The van der Waals surface area contributed by atoms with Crippen LogP contribution in [0.3, 0.4) is 0 Å². The third-order valence-corrected chi connectivity index (χ3v) is 8.18. The van der Waals surface area contributed by atoms with Gasteiger partial charge in [-0.1, -0.05) is 30.3 Å². The van der Waals surface area contributed by atoms with E-state index in [4.69, 9.17) is 33.7 Å². The number of esters is 1. The number of aromatic nitrogens is 3. The van der Waals surface area contributed by atoms with Crippen LogP contribution in [-0.4, -0.2) is 99.5 Å². The lowest BCUT2D eigenvalue weighted by Crippen LogP contribution is -2.37. The van der Waals surface area contributed by atoms with Crippen LogP contribution in [0, 0.1) is 5.92 Å². The first-order valence-electron chi connectivity index (χ1n) is 16.5. The smallest absolute Gasteiger partial charge is 0.308 e. The molecule has 0 amide bonds. The molecule has 5 rings (SSSR count). The van der Waals surface area contributed by atoms with Crippen molar-refractivity contribution in [3.63, 3.8) is 0 Å². The Morgan fingerprint density at radius 3 is 2.15 bits per heavy atom. The number of carbonyl (C=O) groups excluding carboxylic acids is 1. The first-order valence-corrected chi connectivity index (χ1v) is 16.5. The molecule has 0 bridgehead atoms. The predicted octanol–water partition coefficient (Wildman–Crippen LogP) is 4.35. The molecule has 0 radical (unpaired) electrons. The lowest BCUT2D eigenvalue weighted by Gasteiger charge is -2.35. The second-order valence-electron chi connectivity index (χ2n) is 11.5. The number of fused-ring (bicyclic) bond motifs is 1. The average molecular weight is 634 g/mol. The molecule has 1 fully saturated rings. The Morgan fingerprint density at radius 1 is 0.848 bits per heavy atom. The van der Waals surface area contributed by atoms with Crippen LogP contribution in [0.4, 0.5) is 11.6 Å². The minimum Gasteiger partial charge on any atom is -0.462 e. The van der Waals surface area contributed by atoms with Gasteiger partial charge in [-0.15, -0.1) is 0 Å². The van der Waals surface area contributed by atoms with Crippen LogP contribution in [0.25, 0.3) is 11.5 Å². The summed E-state index contributed by atoms with van der Waals surface area (Å²) in [6, 6.07) is 16.5. The summed E-state index contributed by atoms with van der Waals surface area (Å²) in [5.41, 5.74) is 3.56. The number of nitrogens with zero attached hydrogens (tertiary/aromatic N) is 4. The maximum absolute atomic E-state index is 12.3. The normalized spacial score (nSPS) is 17.5. The van der Waals surface area contributed by atoms with Gasteiger partial charge in [0.2, 0.25) is 0 Å². The first kappa shape index (κ1) is 33.7. The molecule has 2 aliphatic rings. The van der Waals surface area contributed by atoms with Crippen LogP contribution < -0.4 is 10.2 Å². The molecule has 1 aliphatic heterocycles. The Hall–Kier alpha value is -3.64. The van der Waals surface area contributed by atoms with Gasteiger partial charge in [-0.05, 0) is 61.8 Å². The molecule has 0 unspecified atom stereocenters. The largest absolute Gasteiger partial charge is 0.462 e. The molecule has 1 N–H and O–H groups in total. The molecule has 11 heteroatoms. The highest BCUT2D eigenvalue weighted by molar-refractivity contribution is 5.69. The molecule has 1 saturated carbocycles. The lowest BCUT2D eigenvalue weighted by atomic mass is 9.82. The number of anilines is 2. The van der Waals surface area contributed by atoms with Gasteiger partial charge in [0.15, 0.2) is 5.82 Å². The van der Waals surface area contributed by atoms with Crippen molar-refractivity contribution >= 4 is 17.6 Å². The lowest BCUT2D eigenvalue weighted by molar-refractivity contribution is -0.156. The minimum atomic E-state index is -0.222. The topological polar surface area (TPSA) is 117 Å². The van der Waals surface area contributed by atoms with E-state index >= 15 is 0 Å². The number of ether oxygens (including phenoxy) is 5. The van der Waals surface area contributed by atoms with Crippen LogP contribution in [0.5, 0.6) is 0 Å². The van der Waals surface area contributed by atoms with Crippen LogP contribution in [0.1, 0.15) is 37.3 Å². The molecular formula is C35H47N5O6. The Kier molecular flexibility index (Phi) is 13.6. The monoisotopic (exact) mass is 633 g/mol. The highest BCUT2D eigenvalue weighted by atomic mass is 16.6. The highest BCUT2D eigenvalue weighted by Gasteiger charge is 2.32. The Labute approximate surface area is 272 Å². The molecule has 3 aromatic rings. The zero-order valence-electron chi connectivity index (χ0n) is 26.9. The summed E-state index contributed by atoms with van der Waals surface area (Å²) < 4.78 is 27.2. The van der Waals surface area contributed by atoms with Crippen LogP contribution in [-0.2, 0) is 41.3 Å². The molecule has 1 aliphatic carbocycles. The van der Waals surface area contributed by atoms with E-state index < -0.39 is 0 Å². The summed E-state index contributed by atoms with van der Waals surface area (Å²) in [7, 11) is 0. The van der Waals surface area contributed by atoms with E-state index in [9.17, 15) is 4.79 Å². The van der Waals surface area contributed by atoms with Crippen LogP contribution in [0.2, 0.25) is 0 Å². The second-order valence-corrected chi connectivity index (χ2v) is 11.5. The van der Waals surface area contributed by atoms with Gasteiger partial charge >= 0.3 is 5.97 Å². The third kappa shape index (κ3) is 10.7. The van der Waals surface area contributed by atoms with Crippen molar-refractivity contribution in [2.24, 2.45) is 5.92 Å². The highest BCUT2D eigenvalue weighted by Crippen LogP contribution is 2.31. The van der Waals surface area contributed by atoms with E-state index in [1.165, 1.54) is 11.1 Å². The van der Waals surface area contributed by atoms with E-state index in [2.05, 4.69) is 39.5 Å². The van der Waals surface area contributed by atoms with Crippen molar-refractivity contribution < 1.29 is 28.5 Å². The van der Waals surface area contributed by atoms with Gasteiger partial charge in [-0.3, -0.25) is 9.78 Å². The Bertz CT molecular complexity index is 1310. The minimum absolute atomic E-state index is 0.0471. The molecule has 248 valence electrons. The van der Waals surface area contributed by atoms with Gasteiger partial charge < -0.3 is 33.9 Å². The summed E-state index contributed by atoms with van der Waals surface area (Å²) in [6.45, 7) is 8.61. The van der Waals surface area contributed by atoms with Crippen molar-refractivity contribution in [1.82, 2.24) is 15.0 Å². The Balaban J connectivity index is 1.01. The van der Waals surface area contributed by atoms with E-state index in [0.717, 1.165) is 62.6 Å². The fraction of sp³-hybridized carbons (Fsp3) is 0.543. The zero-order valence-corrected chi connectivity index (χ0v) is 26.9. The fourth-order valence-corrected chi connectivity index (χ4v) is 5.58. The molecule has 0 atom stereocenters. The molecule has 1 aromatic carbocycles. The zero-order chi connectivity index (χ0) is 31.8. The second kappa shape index (κ2) is 18.5. The SMILES string of the molecule is CCOCCOCCOCCOCCC(=O)O[C@H]1C[C@@H](CNc2cc(N3CCc4ccccc4CC3)nc(-c3ccccn3)n2)C1. The van der Waals surface area contributed by atoms with Gasteiger partial charge in [0.25, 0.3) is 0 Å². The number of rotatable bonds is 19. The van der Waals surface area contributed by atoms with Gasteiger partial charge in [0.05, 0.1) is 52.7 Å². The molecule has 0 spiro atoms. The summed E-state index contributed by atoms with van der Waals surface area (Å²) >= 11 is 0. The van der Waals surface area contributed by atoms with E-state index in [-0.39, 0.29) is 18.5 Å². The van der Waals surface area contributed by atoms with E-state index in [0.29, 0.717) is 64.6 Å². The predicted molar refractivity (Wildman–Crippen MR) is 176 cm³/mol. The molecule has 0 saturated heterocycles. The Morgan fingerprint density at radius 2 is 1.50 bits per heavy atom. The van der Waals surface area contributed by atoms with Gasteiger partial charge in [0, 0.05) is 38.5 Å². The molecule has 2 aromatic heterocycles. The number of pyridine rings is 1. The summed E-state index contributed by atoms with van der Waals surface area (Å²) in [4.78, 5) is 28.9. The first-order chi connectivity index (χ1) is 22.7. The van der Waals surface area contributed by atoms with Crippen molar-refractivity contribution in [3.8, 4) is 11.5 Å². The van der Waals surface area contributed by atoms with Gasteiger partial charge in [-0.2, -0.15) is 0 Å². The number of hydrogen-bond donors (Lipinski definition) is 1. The van der Waals surface area contributed by atoms with Crippen LogP contribution in [0.15, 0.2) is 54.7 Å². The molecular weight excluding hydrogens is 586 g/mol.